The molecule has 3 heterocycles. The first-order valence-electron chi connectivity index (χ1n) is 8.51. The average Bonchev–Trinajstić information content (AvgIpc) is 3.18. The highest BCUT2D eigenvalue weighted by molar-refractivity contribution is 7.90. The Hall–Kier alpha value is -3.15. The minimum absolute atomic E-state index is 0.0363. The monoisotopic (exact) mass is 442 g/mol. The summed E-state index contributed by atoms with van der Waals surface area (Å²) in [6, 6.07) is 2.39. The number of pyridine rings is 1. The summed E-state index contributed by atoms with van der Waals surface area (Å²) >= 11 is 0. The van der Waals surface area contributed by atoms with E-state index in [1.165, 1.54) is 19.1 Å². The van der Waals surface area contributed by atoms with E-state index >= 15 is 0 Å². The summed E-state index contributed by atoms with van der Waals surface area (Å²) in [4.78, 5) is 10.3. The van der Waals surface area contributed by atoms with Gasteiger partial charge in [0.15, 0.2) is 21.5 Å². The van der Waals surface area contributed by atoms with Crippen LogP contribution >= 0.6 is 0 Å². The molecular formula is C18H14F4N4O3S. The van der Waals surface area contributed by atoms with E-state index in [9.17, 15) is 26.0 Å². The van der Waals surface area contributed by atoms with Crippen molar-refractivity contribution in [2.24, 2.45) is 0 Å². The summed E-state index contributed by atoms with van der Waals surface area (Å²) in [7, 11) is -3.55. The van der Waals surface area contributed by atoms with E-state index in [1.807, 2.05) is 0 Å². The second-order valence-electron chi connectivity index (χ2n) is 6.75. The number of alkyl halides is 3. The lowest BCUT2D eigenvalue weighted by molar-refractivity contribution is -0.147. The van der Waals surface area contributed by atoms with E-state index < -0.39 is 33.6 Å². The number of hydrogen-bond acceptors (Lipinski definition) is 6. The third-order valence-corrected chi connectivity index (χ3v) is 5.63. The van der Waals surface area contributed by atoms with Gasteiger partial charge in [0.2, 0.25) is 5.95 Å². The molecule has 0 aliphatic rings. The van der Waals surface area contributed by atoms with E-state index in [2.05, 4.69) is 20.3 Å². The number of benzene rings is 1. The molecule has 1 unspecified atom stereocenters. The first-order valence-corrected chi connectivity index (χ1v) is 10.4. The van der Waals surface area contributed by atoms with Crippen molar-refractivity contribution in [1.29, 1.82) is 0 Å². The van der Waals surface area contributed by atoms with Crippen molar-refractivity contribution >= 4 is 37.9 Å². The first-order chi connectivity index (χ1) is 13.9. The van der Waals surface area contributed by atoms with Crippen molar-refractivity contribution < 1.29 is 30.4 Å². The van der Waals surface area contributed by atoms with Crippen LogP contribution in [0.2, 0.25) is 0 Å². The van der Waals surface area contributed by atoms with Gasteiger partial charge in [0.1, 0.15) is 17.2 Å². The zero-order chi connectivity index (χ0) is 21.8. The van der Waals surface area contributed by atoms with Crippen LogP contribution in [0.3, 0.4) is 0 Å². The summed E-state index contributed by atoms with van der Waals surface area (Å²) in [6.45, 7) is 1.40. The second-order valence-corrected chi connectivity index (χ2v) is 8.77. The maximum absolute atomic E-state index is 13.8. The maximum atomic E-state index is 13.8. The largest absolute Gasteiger partial charge is 0.458 e. The topological polar surface area (TPSA) is 101 Å². The number of imidazole rings is 1. The van der Waals surface area contributed by atoms with Gasteiger partial charge in [-0.1, -0.05) is 0 Å². The highest BCUT2D eigenvalue weighted by Gasteiger charge is 2.45. The summed E-state index contributed by atoms with van der Waals surface area (Å²) in [5.74, 6) is -1.32. The van der Waals surface area contributed by atoms with E-state index in [0.29, 0.717) is 0 Å². The molecule has 0 aliphatic heterocycles. The van der Waals surface area contributed by atoms with Crippen LogP contribution < -0.4 is 5.32 Å². The number of aromatic amines is 1. The average molecular weight is 442 g/mol. The Morgan fingerprint density at radius 3 is 2.63 bits per heavy atom. The Balaban J connectivity index is 1.77. The van der Waals surface area contributed by atoms with Gasteiger partial charge >= 0.3 is 6.18 Å². The Kier molecular flexibility index (Phi) is 4.49. The van der Waals surface area contributed by atoms with Crippen molar-refractivity contribution in [3.8, 4) is 0 Å². The van der Waals surface area contributed by atoms with E-state index in [-0.39, 0.29) is 38.5 Å². The molecule has 2 N–H and O–H groups in total. The number of halogens is 4. The Bertz CT molecular complexity index is 1380. The van der Waals surface area contributed by atoms with Crippen molar-refractivity contribution in [3.05, 3.63) is 47.6 Å². The third kappa shape index (κ3) is 3.58. The second kappa shape index (κ2) is 6.69. The van der Waals surface area contributed by atoms with Gasteiger partial charge in [0.25, 0.3) is 0 Å². The van der Waals surface area contributed by atoms with Gasteiger partial charge in [-0.3, -0.25) is 0 Å². The fourth-order valence-electron chi connectivity index (χ4n) is 3.07. The molecule has 0 fully saturated rings. The smallest absolute Gasteiger partial charge is 0.415 e. The van der Waals surface area contributed by atoms with Crippen LogP contribution in [0.4, 0.5) is 23.5 Å². The van der Waals surface area contributed by atoms with E-state index in [0.717, 1.165) is 24.6 Å². The Morgan fingerprint density at radius 2 is 1.97 bits per heavy atom. The number of fused-ring (bicyclic) bond motifs is 2. The SMILES string of the molecule is Cc1c(C(Nc2nc3ncc(S(C)(=O)=O)cc3[nH]2)C(F)(F)F)oc2ccc(F)cc12. The molecule has 0 bridgehead atoms. The zero-order valence-electron chi connectivity index (χ0n) is 15.5. The normalized spacial score (nSPS) is 13.8. The number of anilines is 1. The molecule has 4 aromatic rings. The van der Waals surface area contributed by atoms with Crippen molar-refractivity contribution in [3.63, 3.8) is 0 Å². The quantitative estimate of drug-likeness (QED) is 0.458. The van der Waals surface area contributed by atoms with Crippen LogP contribution in [0.25, 0.3) is 22.1 Å². The third-order valence-electron chi connectivity index (χ3n) is 4.55. The summed E-state index contributed by atoms with van der Waals surface area (Å²) in [5, 5.41) is 2.46. The molecule has 0 radical (unpaired) electrons. The summed E-state index contributed by atoms with van der Waals surface area (Å²) in [6.07, 6.45) is -2.72. The lowest BCUT2D eigenvalue weighted by Gasteiger charge is -2.20. The molecular weight excluding hydrogens is 428 g/mol. The molecule has 0 saturated heterocycles. The molecule has 0 aliphatic carbocycles. The van der Waals surface area contributed by atoms with Crippen LogP contribution in [0.5, 0.6) is 0 Å². The molecule has 1 atom stereocenters. The van der Waals surface area contributed by atoms with Crippen molar-refractivity contribution in [2.75, 3.05) is 11.6 Å². The van der Waals surface area contributed by atoms with Gasteiger partial charge in [-0.05, 0) is 31.2 Å². The minimum Gasteiger partial charge on any atom is -0.458 e. The Labute approximate surface area is 167 Å². The predicted molar refractivity (Wildman–Crippen MR) is 100 cm³/mol. The molecule has 30 heavy (non-hydrogen) atoms. The molecule has 0 spiro atoms. The number of rotatable bonds is 4. The van der Waals surface area contributed by atoms with Crippen LogP contribution in [0, 0.1) is 12.7 Å². The predicted octanol–water partition coefficient (Wildman–Crippen LogP) is 4.27. The number of nitrogens with zero attached hydrogens (tertiary/aromatic N) is 2. The van der Waals surface area contributed by atoms with E-state index in [4.69, 9.17) is 4.42 Å². The summed E-state index contributed by atoms with van der Waals surface area (Å²) in [5.41, 5.74) is 0.427. The lowest BCUT2D eigenvalue weighted by Crippen LogP contribution is -2.28. The van der Waals surface area contributed by atoms with Crippen LogP contribution in [0.15, 0.2) is 39.8 Å². The number of aromatic nitrogens is 3. The summed E-state index contributed by atoms with van der Waals surface area (Å²) < 4.78 is 83.6. The first kappa shape index (κ1) is 20.1. The molecule has 158 valence electrons. The van der Waals surface area contributed by atoms with Gasteiger partial charge in [-0.2, -0.15) is 18.2 Å². The number of sulfone groups is 1. The fourth-order valence-corrected chi connectivity index (χ4v) is 3.65. The van der Waals surface area contributed by atoms with Gasteiger partial charge < -0.3 is 14.7 Å². The number of H-pyrrole nitrogens is 1. The van der Waals surface area contributed by atoms with Crippen LogP contribution in [-0.2, 0) is 9.84 Å². The molecule has 3 aromatic heterocycles. The van der Waals surface area contributed by atoms with Crippen molar-refractivity contribution in [2.45, 2.75) is 24.0 Å². The van der Waals surface area contributed by atoms with Crippen LogP contribution in [-0.4, -0.2) is 35.8 Å². The number of furan rings is 1. The lowest BCUT2D eigenvalue weighted by atomic mass is 10.1. The standard InChI is InChI=1S/C18H14F4N4O3S/c1-8-11-5-9(19)3-4-13(11)29-14(8)15(18(20,21)22)25-17-24-12-6-10(30(2,27)28)7-23-16(12)26-17/h3-7,15H,1-2H3,(H2,23,24,25,26). The van der Waals surface area contributed by atoms with Crippen molar-refractivity contribution in [1.82, 2.24) is 15.0 Å². The number of aryl methyl sites for hydroxylation is 1. The van der Waals surface area contributed by atoms with Gasteiger partial charge in [0.05, 0.1) is 10.4 Å². The molecule has 1 aromatic carbocycles. The molecule has 12 heteroatoms. The molecule has 7 nitrogen and oxygen atoms in total. The van der Waals surface area contributed by atoms with Gasteiger partial charge in [0, 0.05) is 23.4 Å². The van der Waals surface area contributed by atoms with Gasteiger partial charge in [-0.15, -0.1) is 0 Å². The molecule has 4 rings (SSSR count). The Morgan fingerprint density at radius 1 is 1.23 bits per heavy atom. The minimum atomic E-state index is -4.78. The van der Waals surface area contributed by atoms with Gasteiger partial charge in [-0.25, -0.2) is 17.8 Å². The fraction of sp³-hybridized carbons (Fsp3) is 0.222. The highest BCUT2D eigenvalue weighted by Crippen LogP contribution is 2.40. The number of nitrogens with one attached hydrogen (secondary N) is 2. The molecule has 0 amide bonds. The zero-order valence-corrected chi connectivity index (χ0v) is 16.3. The number of hydrogen-bond donors (Lipinski definition) is 2. The molecule has 0 saturated carbocycles. The highest BCUT2D eigenvalue weighted by atomic mass is 32.2. The maximum Gasteiger partial charge on any atom is 0.415 e. The van der Waals surface area contributed by atoms with Crippen LogP contribution in [0.1, 0.15) is 17.4 Å². The van der Waals surface area contributed by atoms with E-state index in [1.54, 1.807) is 0 Å².